The molecule has 1 aromatic rings. The number of aliphatic carboxylic acids is 1. The molecule has 0 radical (unpaired) electrons. The van der Waals surface area contributed by atoms with E-state index >= 15 is 0 Å². The first-order valence-corrected chi connectivity index (χ1v) is 5.61. The lowest BCUT2D eigenvalue weighted by Gasteiger charge is -2.14. The Morgan fingerprint density at radius 3 is 2.67 bits per heavy atom. The van der Waals surface area contributed by atoms with Crippen molar-refractivity contribution in [1.29, 1.82) is 0 Å². The van der Waals surface area contributed by atoms with Gasteiger partial charge in [0.2, 0.25) is 5.91 Å². The summed E-state index contributed by atoms with van der Waals surface area (Å²) in [4.78, 5) is 23.7. The number of hydrogen-bond donors (Lipinski definition) is 2. The van der Waals surface area contributed by atoms with Crippen LogP contribution in [0.2, 0.25) is 0 Å². The van der Waals surface area contributed by atoms with E-state index in [1.807, 2.05) is 0 Å². The second-order valence-electron chi connectivity index (χ2n) is 4.07. The molecule has 7 heteroatoms. The van der Waals surface area contributed by atoms with Gasteiger partial charge in [-0.25, -0.2) is 0 Å². The van der Waals surface area contributed by atoms with Crippen LogP contribution in [0.25, 0.3) is 0 Å². The van der Waals surface area contributed by atoms with Crippen molar-refractivity contribution in [1.82, 2.24) is 10.1 Å². The standard InChI is InChI=1S/C11H17N3O4/c1-8-7-9(13-18-8)12-10(15)3-5-14(2)6-4-11(16)17/h7H,3-6H2,1-2H3,(H,16,17)(H,12,13,15). The molecule has 1 heterocycles. The van der Waals surface area contributed by atoms with Gasteiger partial charge in [0.15, 0.2) is 5.82 Å². The van der Waals surface area contributed by atoms with Gasteiger partial charge in [0, 0.05) is 25.6 Å². The summed E-state index contributed by atoms with van der Waals surface area (Å²) in [5.74, 6) is 0.00409. The normalized spacial score (nSPS) is 10.6. The molecule has 0 saturated carbocycles. The van der Waals surface area contributed by atoms with Crippen molar-refractivity contribution >= 4 is 17.7 Å². The fraction of sp³-hybridized carbons (Fsp3) is 0.545. The number of carbonyl (C=O) groups excluding carboxylic acids is 1. The van der Waals surface area contributed by atoms with Gasteiger partial charge in [-0.2, -0.15) is 0 Å². The predicted molar refractivity (Wildman–Crippen MR) is 64.2 cm³/mol. The Kier molecular flexibility index (Phi) is 5.31. The summed E-state index contributed by atoms with van der Waals surface area (Å²) in [6.45, 7) is 2.66. The molecule has 0 atom stereocenters. The number of nitrogens with zero attached hydrogens (tertiary/aromatic N) is 2. The minimum absolute atomic E-state index is 0.0700. The van der Waals surface area contributed by atoms with Crippen molar-refractivity contribution in [2.45, 2.75) is 19.8 Å². The maximum atomic E-state index is 11.5. The van der Waals surface area contributed by atoms with Crippen LogP contribution in [-0.4, -0.2) is 47.2 Å². The molecule has 0 saturated heterocycles. The van der Waals surface area contributed by atoms with Crippen molar-refractivity contribution in [2.75, 3.05) is 25.5 Å². The zero-order valence-corrected chi connectivity index (χ0v) is 10.5. The highest BCUT2D eigenvalue weighted by molar-refractivity contribution is 5.89. The molecule has 0 spiro atoms. The smallest absolute Gasteiger partial charge is 0.304 e. The third-order valence-electron chi connectivity index (χ3n) is 2.32. The number of anilines is 1. The van der Waals surface area contributed by atoms with E-state index in [1.165, 1.54) is 0 Å². The minimum Gasteiger partial charge on any atom is -0.481 e. The largest absolute Gasteiger partial charge is 0.481 e. The average Bonchev–Trinajstić information content (AvgIpc) is 2.69. The molecule has 18 heavy (non-hydrogen) atoms. The highest BCUT2D eigenvalue weighted by Gasteiger charge is 2.08. The van der Waals surface area contributed by atoms with Crippen LogP contribution in [0.1, 0.15) is 18.6 Å². The quantitative estimate of drug-likeness (QED) is 0.745. The number of rotatable bonds is 7. The van der Waals surface area contributed by atoms with Gasteiger partial charge in [-0.15, -0.1) is 0 Å². The highest BCUT2D eigenvalue weighted by Crippen LogP contribution is 2.07. The van der Waals surface area contributed by atoms with Gasteiger partial charge in [-0.05, 0) is 14.0 Å². The van der Waals surface area contributed by atoms with Crippen LogP contribution in [0.15, 0.2) is 10.6 Å². The Bertz CT molecular complexity index is 416. The van der Waals surface area contributed by atoms with Gasteiger partial charge in [-0.1, -0.05) is 5.16 Å². The Balaban J connectivity index is 2.22. The van der Waals surface area contributed by atoms with Crippen LogP contribution in [0, 0.1) is 6.92 Å². The molecule has 1 amide bonds. The molecule has 0 aliphatic carbocycles. The van der Waals surface area contributed by atoms with E-state index in [9.17, 15) is 9.59 Å². The van der Waals surface area contributed by atoms with E-state index < -0.39 is 5.97 Å². The third kappa shape index (κ3) is 5.44. The number of amides is 1. The Morgan fingerprint density at radius 1 is 1.44 bits per heavy atom. The molecule has 0 fully saturated rings. The number of carbonyl (C=O) groups is 2. The number of carboxylic acids is 1. The Morgan fingerprint density at radius 2 is 2.11 bits per heavy atom. The summed E-state index contributed by atoms with van der Waals surface area (Å²) in [5.41, 5.74) is 0. The van der Waals surface area contributed by atoms with Crippen LogP contribution >= 0.6 is 0 Å². The lowest BCUT2D eigenvalue weighted by atomic mass is 10.3. The Hall–Kier alpha value is -1.89. The fourth-order valence-corrected chi connectivity index (χ4v) is 1.32. The van der Waals surface area contributed by atoms with Gasteiger partial charge < -0.3 is 19.8 Å². The summed E-state index contributed by atoms with van der Waals surface area (Å²) >= 11 is 0. The van der Waals surface area contributed by atoms with Crippen LogP contribution in [0.3, 0.4) is 0 Å². The number of aryl methyl sites for hydroxylation is 1. The topological polar surface area (TPSA) is 95.7 Å². The lowest BCUT2D eigenvalue weighted by molar-refractivity contribution is -0.137. The van der Waals surface area contributed by atoms with E-state index in [-0.39, 0.29) is 18.7 Å². The zero-order valence-electron chi connectivity index (χ0n) is 10.5. The number of nitrogens with one attached hydrogen (secondary N) is 1. The van der Waals surface area contributed by atoms with Crippen LogP contribution in [-0.2, 0) is 9.59 Å². The van der Waals surface area contributed by atoms with Crippen molar-refractivity contribution in [2.24, 2.45) is 0 Å². The van der Waals surface area contributed by atoms with Crippen molar-refractivity contribution in [3.05, 3.63) is 11.8 Å². The van der Waals surface area contributed by atoms with Gasteiger partial charge >= 0.3 is 5.97 Å². The molecule has 100 valence electrons. The van der Waals surface area contributed by atoms with Crippen LogP contribution in [0.5, 0.6) is 0 Å². The first-order chi connectivity index (χ1) is 8.47. The van der Waals surface area contributed by atoms with Crippen LogP contribution in [0.4, 0.5) is 5.82 Å². The van der Waals surface area contributed by atoms with E-state index in [0.29, 0.717) is 24.7 Å². The summed E-state index contributed by atoms with van der Waals surface area (Å²) in [6, 6.07) is 1.63. The lowest BCUT2D eigenvalue weighted by Crippen LogP contribution is -2.26. The maximum absolute atomic E-state index is 11.5. The molecule has 0 bridgehead atoms. The minimum atomic E-state index is -0.843. The molecule has 0 aliphatic heterocycles. The van der Waals surface area contributed by atoms with Gasteiger partial charge in [0.25, 0.3) is 0 Å². The third-order valence-corrected chi connectivity index (χ3v) is 2.32. The maximum Gasteiger partial charge on any atom is 0.304 e. The predicted octanol–water partition coefficient (Wildman–Crippen LogP) is 0.718. The van der Waals surface area contributed by atoms with Crippen LogP contribution < -0.4 is 5.32 Å². The van der Waals surface area contributed by atoms with E-state index in [2.05, 4.69) is 10.5 Å². The average molecular weight is 255 g/mol. The van der Waals surface area contributed by atoms with Gasteiger partial charge in [-0.3, -0.25) is 9.59 Å². The number of aromatic nitrogens is 1. The van der Waals surface area contributed by atoms with E-state index in [0.717, 1.165) is 0 Å². The molecule has 0 unspecified atom stereocenters. The molecular weight excluding hydrogens is 238 g/mol. The summed E-state index contributed by atoms with van der Waals surface area (Å²) in [7, 11) is 1.77. The monoisotopic (exact) mass is 255 g/mol. The first-order valence-electron chi connectivity index (χ1n) is 5.61. The van der Waals surface area contributed by atoms with Crippen molar-refractivity contribution in [3.63, 3.8) is 0 Å². The SMILES string of the molecule is Cc1cc(NC(=O)CCN(C)CCC(=O)O)no1. The second kappa shape index (κ2) is 6.75. The van der Waals surface area contributed by atoms with Crippen molar-refractivity contribution in [3.8, 4) is 0 Å². The second-order valence-corrected chi connectivity index (χ2v) is 4.07. The fourth-order valence-electron chi connectivity index (χ4n) is 1.32. The molecule has 1 rings (SSSR count). The summed E-state index contributed by atoms with van der Waals surface area (Å²) in [6.07, 6.45) is 0.350. The molecular formula is C11H17N3O4. The number of carboxylic acid groups (broad SMARTS) is 1. The first kappa shape index (κ1) is 14.2. The molecule has 7 nitrogen and oxygen atoms in total. The van der Waals surface area contributed by atoms with Crippen molar-refractivity contribution < 1.29 is 19.2 Å². The zero-order chi connectivity index (χ0) is 13.5. The highest BCUT2D eigenvalue weighted by atomic mass is 16.5. The molecule has 1 aromatic heterocycles. The molecule has 2 N–H and O–H groups in total. The molecule has 0 aliphatic rings. The summed E-state index contributed by atoms with van der Waals surface area (Å²) < 4.78 is 4.82. The summed E-state index contributed by atoms with van der Waals surface area (Å²) in [5, 5.41) is 14.8. The van der Waals surface area contributed by atoms with Gasteiger partial charge in [0.05, 0.1) is 6.42 Å². The molecule has 0 aromatic carbocycles. The van der Waals surface area contributed by atoms with E-state index in [4.69, 9.17) is 9.63 Å². The van der Waals surface area contributed by atoms with Gasteiger partial charge in [0.1, 0.15) is 5.76 Å². The number of hydrogen-bond acceptors (Lipinski definition) is 5. The van der Waals surface area contributed by atoms with E-state index in [1.54, 1.807) is 24.9 Å². The Labute approximate surface area is 105 Å².